The van der Waals surface area contributed by atoms with Gasteiger partial charge in [0.25, 0.3) is 0 Å². The summed E-state index contributed by atoms with van der Waals surface area (Å²) in [6, 6.07) is 11.6. The number of aromatic nitrogens is 1. The van der Waals surface area contributed by atoms with Crippen LogP contribution in [-0.4, -0.2) is 36.8 Å². The molecule has 0 aliphatic carbocycles. The summed E-state index contributed by atoms with van der Waals surface area (Å²) in [4.78, 5) is 18.9. The first-order chi connectivity index (χ1) is 12.8. The molecule has 6 nitrogen and oxygen atoms in total. The zero-order valence-corrected chi connectivity index (χ0v) is 14.8. The molecule has 6 heteroatoms. The smallest absolute Gasteiger partial charge is 0.319 e. The number of carbonyl (C=O) groups excluding carboxylic acids is 1. The van der Waals surface area contributed by atoms with Gasteiger partial charge < -0.3 is 20.3 Å². The van der Waals surface area contributed by atoms with Crippen LogP contribution in [0.25, 0.3) is 0 Å². The Kier molecular flexibility index (Phi) is 4.91. The van der Waals surface area contributed by atoms with Crippen molar-refractivity contribution < 1.29 is 9.53 Å². The molecule has 4 rings (SSSR count). The van der Waals surface area contributed by atoms with Crippen LogP contribution in [0.2, 0.25) is 0 Å². The highest BCUT2D eigenvalue weighted by Gasteiger charge is 2.22. The lowest BCUT2D eigenvalue weighted by Crippen LogP contribution is -2.37. The minimum absolute atomic E-state index is 0.0160. The quantitative estimate of drug-likeness (QED) is 0.887. The molecule has 2 aromatic rings. The molecule has 26 heavy (non-hydrogen) atoms. The molecule has 2 N–H and O–H groups in total. The van der Waals surface area contributed by atoms with Gasteiger partial charge in [-0.15, -0.1) is 0 Å². The van der Waals surface area contributed by atoms with Crippen molar-refractivity contribution in [2.45, 2.75) is 31.8 Å². The molecule has 0 saturated carbocycles. The van der Waals surface area contributed by atoms with Gasteiger partial charge in [0.1, 0.15) is 17.7 Å². The number of urea groups is 1. The standard InChI is InChI=1S/C20H24N4O2/c25-20(22-14-17-12-15-6-2-3-7-18(15)26-17)23-16-8-9-19(21-13-16)24-10-4-1-5-11-24/h2-3,6-9,13,17H,1,4-5,10-12,14H2,(H2,22,23,25)/t17-/m0/s1. The Balaban J connectivity index is 1.25. The summed E-state index contributed by atoms with van der Waals surface area (Å²) in [7, 11) is 0. The molecule has 1 aromatic heterocycles. The van der Waals surface area contributed by atoms with E-state index >= 15 is 0 Å². The number of nitrogens with zero attached hydrogens (tertiary/aromatic N) is 2. The Hall–Kier alpha value is -2.76. The van der Waals surface area contributed by atoms with E-state index in [2.05, 4.69) is 26.6 Å². The van der Waals surface area contributed by atoms with Gasteiger partial charge in [0, 0.05) is 19.5 Å². The molecule has 1 fully saturated rings. The second kappa shape index (κ2) is 7.64. The normalized spacial score (nSPS) is 18.8. The molecule has 136 valence electrons. The van der Waals surface area contributed by atoms with Crippen molar-refractivity contribution in [1.82, 2.24) is 10.3 Å². The van der Waals surface area contributed by atoms with E-state index in [0.717, 1.165) is 31.1 Å². The Bertz CT molecular complexity index is 732. The van der Waals surface area contributed by atoms with Crippen LogP contribution < -0.4 is 20.3 Å². The highest BCUT2D eigenvalue weighted by atomic mass is 16.5. The van der Waals surface area contributed by atoms with Gasteiger partial charge in [0.05, 0.1) is 18.4 Å². The monoisotopic (exact) mass is 352 g/mol. The van der Waals surface area contributed by atoms with Crippen LogP contribution in [0.1, 0.15) is 24.8 Å². The Morgan fingerprint density at radius 2 is 2.00 bits per heavy atom. The van der Waals surface area contributed by atoms with E-state index in [0.29, 0.717) is 12.2 Å². The number of nitrogens with one attached hydrogen (secondary N) is 2. The minimum Gasteiger partial charge on any atom is -0.488 e. The number of fused-ring (bicyclic) bond motifs is 1. The first-order valence-corrected chi connectivity index (χ1v) is 9.28. The summed E-state index contributed by atoms with van der Waals surface area (Å²) < 4.78 is 5.83. The van der Waals surface area contributed by atoms with E-state index in [4.69, 9.17) is 4.74 Å². The molecule has 1 saturated heterocycles. The molecular weight excluding hydrogens is 328 g/mol. The number of amides is 2. The maximum atomic E-state index is 12.1. The second-order valence-electron chi connectivity index (χ2n) is 6.84. The number of hydrogen-bond acceptors (Lipinski definition) is 4. The van der Waals surface area contributed by atoms with Crippen LogP contribution in [0.4, 0.5) is 16.3 Å². The molecule has 0 bridgehead atoms. The van der Waals surface area contributed by atoms with E-state index in [1.807, 2.05) is 30.3 Å². The zero-order chi connectivity index (χ0) is 17.8. The predicted molar refractivity (Wildman–Crippen MR) is 102 cm³/mol. The zero-order valence-electron chi connectivity index (χ0n) is 14.8. The highest BCUT2D eigenvalue weighted by molar-refractivity contribution is 5.89. The van der Waals surface area contributed by atoms with Gasteiger partial charge in [0.2, 0.25) is 0 Å². The number of carbonyl (C=O) groups is 1. The number of hydrogen-bond donors (Lipinski definition) is 2. The van der Waals surface area contributed by atoms with Gasteiger partial charge in [-0.25, -0.2) is 9.78 Å². The molecule has 1 aromatic carbocycles. The highest BCUT2D eigenvalue weighted by Crippen LogP contribution is 2.27. The van der Waals surface area contributed by atoms with E-state index in [-0.39, 0.29) is 12.1 Å². The van der Waals surface area contributed by atoms with Crippen molar-refractivity contribution >= 4 is 17.5 Å². The van der Waals surface area contributed by atoms with Gasteiger partial charge in [0.15, 0.2) is 0 Å². The van der Waals surface area contributed by atoms with Gasteiger partial charge >= 0.3 is 6.03 Å². The van der Waals surface area contributed by atoms with Crippen molar-refractivity contribution in [2.75, 3.05) is 29.9 Å². The Morgan fingerprint density at radius 1 is 1.15 bits per heavy atom. The maximum absolute atomic E-state index is 12.1. The minimum atomic E-state index is -0.239. The fourth-order valence-electron chi connectivity index (χ4n) is 3.52. The van der Waals surface area contributed by atoms with E-state index in [9.17, 15) is 4.79 Å². The largest absolute Gasteiger partial charge is 0.488 e. The lowest BCUT2D eigenvalue weighted by Gasteiger charge is -2.27. The SMILES string of the molecule is O=C(NC[C@@H]1Cc2ccccc2O1)Nc1ccc(N2CCCCC2)nc1. The third-order valence-electron chi connectivity index (χ3n) is 4.89. The topological polar surface area (TPSA) is 66.5 Å². The maximum Gasteiger partial charge on any atom is 0.319 e. The Morgan fingerprint density at radius 3 is 2.77 bits per heavy atom. The van der Waals surface area contributed by atoms with Crippen molar-refractivity contribution in [1.29, 1.82) is 0 Å². The number of pyridine rings is 1. The molecule has 0 radical (unpaired) electrons. The average Bonchev–Trinajstić information content (AvgIpc) is 3.11. The molecule has 3 heterocycles. The van der Waals surface area contributed by atoms with Gasteiger partial charge in [-0.2, -0.15) is 0 Å². The number of piperidine rings is 1. The van der Waals surface area contributed by atoms with Crippen LogP contribution in [0.5, 0.6) is 5.75 Å². The van der Waals surface area contributed by atoms with Crippen molar-refractivity contribution in [3.05, 3.63) is 48.2 Å². The van der Waals surface area contributed by atoms with E-state index in [1.165, 1.54) is 24.8 Å². The van der Waals surface area contributed by atoms with Crippen LogP contribution in [0.3, 0.4) is 0 Å². The first kappa shape index (κ1) is 16.7. The van der Waals surface area contributed by atoms with Crippen LogP contribution in [-0.2, 0) is 6.42 Å². The van der Waals surface area contributed by atoms with Gasteiger partial charge in [-0.3, -0.25) is 0 Å². The lowest BCUT2D eigenvalue weighted by atomic mass is 10.1. The summed E-state index contributed by atoms with van der Waals surface area (Å²) in [6.45, 7) is 2.59. The van der Waals surface area contributed by atoms with Crippen molar-refractivity contribution in [3.8, 4) is 5.75 Å². The number of para-hydroxylation sites is 1. The summed E-state index contributed by atoms with van der Waals surface area (Å²) >= 11 is 0. The van der Waals surface area contributed by atoms with Gasteiger partial charge in [-0.1, -0.05) is 18.2 Å². The average molecular weight is 352 g/mol. The number of ether oxygens (including phenoxy) is 1. The third-order valence-corrected chi connectivity index (χ3v) is 4.89. The molecule has 0 unspecified atom stereocenters. The van der Waals surface area contributed by atoms with Crippen LogP contribution in [0.15, 0.2) is 42.6 Å². The van der Waals surface area contributed by atoms with E-state index < -0.39 is 0 Å². The summed E-state index contributed by atoms with van der Waals surface area (Å²) in [5, 5.41) is 5.70. The molecule has 2 amide bonds. The first-order valence-electron chi connectivity index (χ1n) is 9.28. The van der Waals surface area contributed by atoms with Crippen molar-refractivity contribution in [3.63, 3.8) is 0 Å². The van der Waals surface area contributed by atoms with E-state index in [1.54, 1.807) is 6.20 Å². The molecule has 2 aliphatic heterocycles. The number of rotatable bonds is 4. The lowest BCUT2D eigenvalue weighted by molar-refractivity contribution is 0.219. The third kappa shape index (κ3) is 3.90. The van der Waals surface area contributed by atoms with Gasteiger partial charge in [-0.05, 0) is 43.0 Å². The Labute approximate surface area is 153 Å². The van der Waals surface area contributed by atoms with Crippen molar-refractivity contribution in [2.24, 2.45) is 0 Å². The molecular formula is C20H24N4O2. The summed E-state index contributed by atoms with van der Waals surface area (Å²) in [5.41, 5.74) is 1.89. The molecule has 2 aliphatic rings. The second-order valence-corrected chi connectivity index (χ2v) is 6.84. The van der Waals surface area contributed by atoms with Crippen LogP contribution >= 0.6 is 0 Å². The number of anilines is 2. The van der Waals surface area contributed by atoms with Crippen LogP contribution in [0, 0.1) is 0 Å². The summed E-state index contributed by atoms with van der Waals surface area (Å²) in [6.07, 6.45) is 6.26. The fraction of sp³-hybridized carbons (Fsp3) is 0.400. The predicted octanol–water partition coefficient (Wildman–Crippen LogP) is 3.20. The molecule has 0 spiro atoms. The molecule has 1 atom stereocenters. The number of benzene rings is 1. The fourth-order valence-corrected chi connectivity index (χ4v) is 3.52. The summed E-state index contributed by atoms with van der Waals surface area (Å²) in [5.74, 6) is 1.89.